The molecular weight excluding hydrogens is 244 g/mol. The predicted octanol–water partition coefficient (Wildman–Crippen LogP) is 2.14. The SMILES string of the molecule is CC(=O)c1cc2cc(Cl)cc(CO)c2oc1=O. The standard InChI is InChI=1S/C12H9ClO4/c1-6(15)10-4-7-2-9(13)3-8(5-14)11(7)17-12(10)16/h2-4,14H,5H2,1H3. The van der Waals surface area contributed by atoms with Gasteiger partial charge < -0.3 is 9.52 Å². The third kappa shape index (κ3) is 2.09. The van der Waals surface area contributed by atoms with Gasteiger partial charge in [-0.05, 0) is 25.1 Å². The largest absolute Gasteiger partial charge is 0.422 e. The molecule has 0 amide bonds. The van der Waals surface area contributed by atoms with Crippen LogP contribution in [0.5, 0.6) is 0 Å². The highest BCUT2D eigenvalue weighted by molar-refractivity contribution is 6.31. The Balaban J connectivity index is 2.87. The van der Waals surface area contributed by atoms with Gasteiger partial charge in [0, 0.05) is 16.0 Å². The lowest BCUT2D eigenvalue weighted by molar-refractivity contribution is 0.101. The number of hydrogen-bond donors (Lipinski definition) is 1. The molecule has 0 aliphatic heterocycles. The van der Waals surface area contributed by atoms with Crippen LogP contribution >= 0.6 is 11.6 Å². The van der Waals surface area contributed by atoms with Crippen molar-refractivity contribution in [3.05, 3.63) is 44.8 Å². The summed E-state index contributed by atoms with van der Waals surface area (Å²) in [5.74, 6) is -0.369. The average molecular weight is 253 g/mol. The van der Waals surface area contributed by atoms with Crippen molar-refractivity contribution in [1.29, 1.82) is 0 Å². The molecule has 4 nitrogen and oxygen atoms in total. The first-order valence-corrected chi connectivity index (χ1v) is 5.29. The summed E-state index contributed by atoms with van der Waals surface area (Å²) in [6.45, 7) is 0.995. The molecule has 0 aliphatic rings. The van der Waals surface area contributed by atoms with Crippen LogP contribution in [0.3, 0.4) is 0 Å². The summed E-state index contributed by atoms with van der Waals surface area (Å²) in [5, 5.41) is 10.1. The van der Waals surface area contributed by atoms with Crippen molar-refractivity contribution in [2.75, 3.05) is 0 Å². The molecule has 17 heavy (non-hydrogen) atoms. The molecule has 1 aromatic carbocycles. The summed E-state index contributed by atoms with van der Waals surface area (Å²) >= 11 is 5.86. The van der Waals surface area contributed by atoms with Crippen LogP contribution in [0.2, 0.25) is 5.02 Å². The van der Waals surface area contributed by atoms with E-state index in [4.69, 9.17) is 21.1 Å². The minimum absolute atomic E-state index is 0.0244. The minimum Gasteiger partial charge on any atom is -0.422 e. The zero-order chi connectivity index (χ0) is 12.6. The third-order valence-electron chi connectivity index (χ3n) is 2.42. The van der Waals surface area contributed by atoms with Crippen molar-refractivity contribution >= 4 is 28.4 Å². The highest BCUT2D eigenvalue weighted by Crippen LogP contribution is 2.23. The molecule has 2 aromatic rings. The Hall–Kier alpha value is -1.65. The zero-order valence-electron chi connectivity index (χ0n) is 8.99. The van der Waals surface area contributed by atoms with Crippen molar-refractivity contribution in [2.45, 2.75) is 13.5 Å². The van der Waals surface area contributed by atoms with E-state index in [1.807, 2.05) is 0 Å². The lowest BCUT2D eigenvalue weighted by Gasteiger charge is -2.04. The van der Waals surface area contributed by atoms with E-state index in [0.717, 1.165) is 0 Å². The fourth-order valence-electron chi connectivity index (χ4n) is 1.63. The number of aliphatic hydroxyl groups excluding tert-OH is 1. The number of fused-ring (bicyclic) bond motifs is 1. The summed E-state index contributed by atoms with van der Waals surface area (Å²) in [7, 11) is 0. The van der Waals surface area contributed by atoms with Crippen LogP contribution in [0.15, 0.2) is 27.4 Å². The van der Waals surface area contributed by atoms with Crippen molar-refractivity contribution in [3.63, 3.8) is 0 Å². The molecule has 1 aromatic heterocycles. The van der Waals surface area contributed by atoms with Gasteiger partial charge in [0.15, 0.2) is 5.78 Å². The molecule has 88 valence electrons. The number of carbonyl (C=O) groups is 1. The highest BCUT2D eigenvalue weighted by atomic mass is 35.5. The van der Waals surface area contributed by atoms with Gasteiger partial charge in [0.25, 0.3) is 0 Å². The molecule has 0 saturated heterocycles. The second kappa shape index (κ2) is 4.31. The third-order valence-corrected chi connectivity index (χ3v) is 2.64. The summed E-state index contributed by atoms with van der Waals surface area (Å²) in [6, 6.07) is 4.51. The first-order chi connectivity index (χ1) is 8.02. The number of benzene rings is 1. The first kappa shape index (κ1) is 11.8. The second-order valence-corrected chi connectivity index (χ2v) is 4.08. The van der Waals surface area contributed by atoms with Crippen molar-refractivity contribution < 1.29 is 14.3 Å². The molecule has 5 heteroatoms. The Kier molecular flexibility index (Phi) is 3.00. The Morgan fingerprint density at radius 3 is 2.71 bits per heavy atom. The van der Waals surface area contributed by atoms with Gasteiger partial charge in [0.1, 0.15) is 11.1 Å². The highest BCUT2D eigenvalue weighted by Gasteiger charge is 2.12. The van der Waals surface area contributed by atoms with E-state index in [9.17, 15) is 9.59 Å². The van der Waals surface area contributed by atoms with Crippen LogP contribution in [0.1, 0.15) is 22.8 Å². The van der Waals surface area contributed by atoms with Crippen molar-refractivity contribution in [3.8, 4) is 0 Å². The Morgan fingerprint density at radius 2 is 2.12 bits per heavy atom. The fourth-order valence-corrected chi connectivity index (χ4v) is 1.88. The average Bonchev–Trinajstić information content (AvgIpc) is 2.27. The van der Waals surface area contributed by atoms with Gasteiger partial charge in [0.2, 0.25) is 0 Å². The molecule has 0 saturated carbocycles. The van der Waals surface area contributed by atoms with Crippen LogP contribution in [0.4, 0.5) is 0 Å². The Morgan fingerprint density at radius 1 is 1.41 bits per heavy atom. The summed E-state index contributed by atoms with van der Waals surface area (Å²) in [4.78, 5) is 22.7. The molecule has 0 bridgehead atoms. The Labute approximate surface area is 101 Å². The number of Topliss-reactive ketones (excluding diaryl/α,β-unsaturated/α-hetero) is 1. The monoisotopic (exact) mass is 252 g/mol. The summed E-state index contributed by atoms with van der Waals surface area (Å²) < 4.78 is 5.04. The van der Waals surface area contributed by atoms with Gasteiger partial charge in [-0.1, -0.05) is 11.6 Å². The topological polar surface area (TPSA) is 67.5 Å². The number of hydrogen-bond acceptors (Lipinski definition) is 4. The quantitative estimate of drug-likeness (QED) is 0.657. The van der Waals surface area contributed by atoms with Gasteiger partial charge >= 0.3 is 5.63 Å². The Bertz CT molecular complexity index is 657. The normalized spacial score (nSPS) is 10.8. The molecule has 2 rings (SSSR count). The van der Waals surface area contributed by atoms with E-state index in [1.165, 1.54) is 19.1 Å². The van der Waals surface area contributed by atoms with Gasteiger partial charge in [0.05, 0.1) is 6.61 Å². The minimum atomic E-state index is -0.706. The predicted molar refractivity (Wildman–Crippen MR) is 63.4 cm³/mol. The molecule has 0 fully saturated rings. The fraction of sp³-hybridized carbons (Fsp3) is 0.167. The van der Waals surface area contributed by atoms with E-state index in [-0.39, 0.29) is 23.5 Å². The maximum Gasteiger partial charge on any atom is 0.347 e. The molecule has 1 heterocycles. The maximum absolute atomic E-state index is 11.5. The summed E-state index contributed by atoms with van der Waals surface area (Å²) in [5.41, 5.74) is -0.0581. The number of rotatable bonds is 2. The maximum atomic E-state index is 11.5. The van der Waals surface area contributed by atoms with E-state index in [0.29, 0.717) is 16.0 Å². The van der Waals surface area contributed by atoms with Gasteiger partial charge in [-0.15, -0.1) is 0 Å². The molecule has 1 N–H and O–H groups in total. The van der Waals surface area contributed by atoms with Crippen molar-refractivity contribution in [2.24, 2.45) is 0 Å². The molecule has 0 atom stereocenters. The number of halogens is 1. The lowest BCUT2D eigenvalue weighted by Crippen LogP contribution is -2.11. The van der Waals surface area contributed by atoms with Crippen molar-refractivity contribution in [1.82, 2.24) is 0 Å². The molecule has 0 radical (unpaired) electrons. The van der Waals surface area contributed by atoms with E-state index in [1.54, 1.807) is 6.07 Å². The number of aliphatic hydroxyl groups is 1. The molecular formula is C12H9ClO4. The van der Waals surface area contributed by atoms with Gasteiger partial charge in [-0.2, -0.15) is 0 Å². The first-order valence-electron chi connectivity index (χ1n) is 4.91. The van der Waals surface area contributed by atoms with E-state index >= 15 is 0 Å². The number of ketones is 1. The lowest BCUT2D eigenvalue weighted by atomic mass is 10.1. The summed E-state index contributed by atoms with van der Waals surface area (Å²) in [6.07, 6.45) is 0. The molecule has 0 unspecified atom stereocenters. The van der Waals surface area contributed by atoms with Gasteiger partial charge in [-0.25, -0.2) is 4.79 Å². The number of carbonyl (C=O) groups excluding carboxylic acids is 1. The van der Waals surface area contributed by atoms with Gasteiger partial charge in [-0.3, -0.25) is 4.79 Å². The van der Waals surface area contributed by atoms with E-state index in [2.05, 4.69) is 0 Å². The van der Waals surface area contributed by atoms with Crippen LogP contribution in [-0.4, -0.2) is 10.9 Å². The van der Waals surface area contributed by atoms with Crippen LogP contribution in [0, 0.1) is 0 Å². The molecule has 0 aliphatic carbocycles. The van der Waals surface area contributed by atoms with Crippen LogP contribution < -0.4 is 5.63 Å². The van der Waals surface area contributed by atoms with Crippen LogP contribution in [0.25, 0.3) is 11.0 Å². The molecule has 0 spiro atoms. The van der Waals surface area contributed by atoms with E-state index < -0.39 is 5.63 Å². The van der Waals surface area contributed by atoms with Crippen LogP contribution in [-0.2, 0) is 6.61 Å². The smallest absolute Gasteiger partial charge is 0.347 e. The second-order valence-electron chi connectivity index (χ2n) is 3.65. The zero-order valence-corrected chi connectivity index (χ0v) is 9.75.